The topological polar surface area (TPSA) is 159 Å². The van der Waals surface area contributed by atoms with Gasteiger partial charge in [-0.2, -0.15) is 4.39 Å². The van der Waals surface area contributed by atoms with Crippen molar-refractivity contribution in [1.29, 1.82) is 0 Å². The van der Waals surface area contributed by atoms with Crippen LogP contribution in [0.5, 0.6) is 11.5 Å². The Morgan fingerprint density at radius 2 is 1.91 bits per heavy atom. The average Bonchev–Trinajstić information content (AvgIpc) is 3.36. The highest BCUT2D eigenvalue weighted by Crippen LogP contribution is 2.33. The van der Waals surface area contributed by atoms with E-state index in [0.717, 1.165) is 6.07 Å². The van der Waals surface area contributed by atoms with Crippen molar-refractivity contribution in [2.75, 3.05) is 19.4 Å². The number of carbonyl (C=O) groups is 3. The number of fused-ring (bicyclic) bond motifs is 1. The second-order valence-corrected chi connectivity index (χ2v) is 9.55. The number of aromatic nitrogens is 3. The standard InChI is InChI=1S/C29H28F2N6O6/c1-36(2)23(38)13-7-6-11-19(34-29(41)42)27(39)33-20-12-8-14-37(28(20)40)16-22-32-21-15-18(30)24(31)26(25(21)35-22)43-17-9-4-3-5-10-17/h3-5,7-10,12-15,19,34H,6,11,16H2,1-2H3,(H,32,35)(H,33,39)(H,41,42). The fraction of sp³-hybridized carbons (Fsp3) is 0.207. The highest BCUT2D eigenvalue weighted by molar-refractivity contribution is 5.96. The molecule has 4 rings (SSSR count). The molecule has 1 unspecified atom stereocenters. The van der Waals surface area contributed by atoms with Crippen molar-refractivity contribution < 1.29 is 33.0 Å². The first-order valence-corrected chi connectivity index (χ1v) is 13.0. The number of para-hydroxylation sites is 1. The quantitative estimate of drug-likeness (QED) is 0.192. The molecule has 0 spiro atoms. The number of rotatable bonds is 11. The number of aromatic amines is 1. The number of pyridine rings is 1. The number of carbonyl (C=O) groups excluding carboxylic acids is 2. The third-order valence-electron chi connectivity index (χ3n) is 6.18. The molecule has 43 heavy (non-hydrogen) atoms. The van der Waals surface area contributed by atoms with E-state index in [9.17, 15) is 33.1 Å². The summed E-state index contributed by atoms with van der Waals surface area (Å²) < 4.78 is 35.8. The van der Waals surface area contributed by atoms with Crippen molar-refractivity contribution in [3.8, 4) is 11.5 Å². The van der Waals surface area contributed by atoms with Crippen LogP contribution in [-0.2, 0) is 16.1 Å². The number of imidazole rings is 1. The number of hydrogen-bond acceptors (Lipinski definition) is 6. The number of anilines is 1. The molecule has 2 aromatic carbocycles. The Morgan fingerprint density at radius 3 is 2.60 bits per heavy atom. The Labute approximate surface area is 243 Å². The summed E-state index contributed by atoms with van der Waals surface area (Å²) in [5, 5.41) is 13.7. The van der Waals surface area contributed by atoms with Crippen LogP contribution in [0.15, 0.2) is 71.7 Å². The summed E-state index contributed by atoms with van der Waals surface area (Å²) in [5.74, 6) is -3.36. The number of benzene rings is 2. The molecule has 4 aromatic rings. The Morgan fingerprint density at radius 1 is 1.16 bits per heavy atom. The van der Waals surface area contributed by atoms with Crippen molar-refractivity contribution >= 4 is 34.6 Å². The van der Waals surface area contributed by atoms with Crippen molar-refractivity contribution in [1.82, 2.24) is 24.8 Å². The summed E-state index contributed by atoms with van der Waals surface area (Å²) >= 11 is 0. The van der Waals surface area contributed by atoms with Crippen LogP contribution < -0.4 is 20.9 Å². The molecule has 0 aliphatic carbocycles. The van der Waals surface area contributed by atoms with Gasteiger partial charge in [-0.15, -0.1) is 0 Å². The monoisotopic (exact) mass is 594 g/mol. The van der Waals surface area contributed by atoms with E-state index in [2.05, 4.69) is 20.6 Å². The Hall–Kier alpha value is -5.53. The Kier molecular flexibility index (Phi) is 9.50. The maximum atomic E-state index is 14.7. The molecule has 0 aliphatic heterocycles. The Balaban J connectivity index is 1.53. The molecule has 0 saturated carbocycles. The van der Waals surface area contributed by atoms with Crippen LogP contribution in [0.4, 0.5) is 19.3 Å². The van der Waals surface area contributed by atoms with E-state index in [-0.39, 0.29) is 53.6 Å². The molecule has 3 amide bonds. The lowest BCUT2D eigenvalue weighted by molar-refractivity contribution is -0.123. The van der Waals surface area contributed by atoms with Crippen LogP contribution >= 0.6 is 0 Å². The van der Waals surface area contributed by atoms with E-state index < -0.39 is 41.0 Å². The van der Waals surface area contributed by atoms with Gasteiger partial charge in [-0.1, -0.05) is 24.3 Å². The fourth-order valence-corrected chi connectivity index (χ4v) is 4.05. The second-order valence-electron chi connectivity index (χ2n) is 9.55. The first-order valence-electron chi connectivity index (χ1n) is 13.0. The van der Waals surface area contributed by atoms with E-state index >= 15 is 0 Å². The van der Waals surface area contributed by atoms with Crippen LogP contribution in [0.3, 0.4) is 0 Å². The maximum absolute atomic E-state index is 14.7. The molecule has 0 fully saturated rings. The molecule has 2 aromatic heterocycles. The highest BCUT2D eigenvalue weighted by Gasteiger charge is 2.22. The van der Waals surface area contributed by atoms with Gasteiger partial charge in [0.1, 0.15) is 28.8 Å². The molecule has 4 N–H and O–H groups in total. The molecule has 2 heterocycles. The molecular formula is C29H28F2N6O6. The predicted molar refractivity (Wildman–Crippen MR) is 153 cm³/mol. The molecule has 0 bridgehead atoms. The third kappa shape index (κ3) is 7.61. The number of allylic oxidation sites excluding steroid dienone is 1. The number of amides is 3. The molecule has 1 atom stereocenters. The van der Waals surface area contributed by atoms with Gasteiger partial charge in [-0.3, -0.25) is 14.4 Å². The van der Waals surface area contributed by atoms with Crippen LogP contribution in [0.25, 0.3) is 11.0 Å². The van der Waals surface area contributed by atoms with Crippen molar-refractivity contribution in [2.45, 2.75) is 25.4 Å². The molecule has 14 heteroatoms. The Bertz CT molecular complexity index is 1730. The first kappa shape index (κ1) is 30.4. The summed E-state index contributed by atoms with van der Waals surface area (Å²) in [6.07, 6.45) is 3.04. The van der Waals surface area contributed by atoms with Gasteiger partial charge >= 0.3 is 6.09 Å². The molecule has 224 valence electrons. The predicted octanol–water partition coefficient (Wildman–Crippen LogP) is 3.84. The van der Waals surface area contributed by atoms with Gasteiger partial charge in [0.25, 0.3) is 5.56 Å². The molecule has 0 aliphatic rings. The van der Waals surface area contributed by atoms with Crippen molar-refractivity contribution in [3.63, 3.8) is 0 Å². The summed E-state index contributed by atoms with van der Waals surface area (Å²) in [7, 11) is 3.15. The van der Waals surface area contributed by atoms with Crippen molar-refractivity contribution in [3.05, 3.63) is 94.7 Å². The number of ether oxygens (including phenoxy) is 1. The number of likely N-dealkylation sites (N-methyl/N-ethyl adjacent to an activating group) is 1. The van der Waals surface area contributed by atoms with E-state index in [1.54, 1.807) is 44.4 Å². The number of H-pyrrole nitrogens is 1. The van der Waals surface area contributed by atoms with Crippen LogP contribution in [-0.4, -0.2) is 62.6 Å². The summed E-state index contributed by atoms with van der Waals surface area (Å²) in [6, 6.07) is 10.8. The molecule has 12 nitrogen and oxygen atoms in total. The van der Waals surface area contributed by atoms with Gasteiger partial charge in [0.05, 0.1) is 12.1 Å². The second kappa shape index (κ2) is 13.4. The minimum atomic E-state index is -1.44. The number of carboxylic acid groups (broad SMARTS) is 1. The molecular weight excluding hydrogens is 566 g/mol. The van der Waals surface area contributed by atoms with E-state index in [4.69, 9.17) is 4.74 Å². The smallest absolute Gasteiger partial charge is 0.405 e. The van der Waals surface area contributed by atoms with Crippen LogP contribution in [0, 0.1) is 11.6 Å². The lowest BCUT2D eigenvalue weighted by Crippen LogP contribution is -2.44. The number of nitrogens with zero attached hydrogens (tertiary/aromatic N) is 3. The van der Waals surface area contributed by atoms with Gasteiger partial charge < -0.3 is 34.9 Å². The van der Waals surface area contributed by atoms with Gasteiger partial charge in [0, 0.05) is 26.4 Å². The fourth-order valence-electron chi connectivity index (χ4n) is 4.05. The number of nitrogens with one attached hydrogen (secondary N) is 3. The molecule has 0 saturated heterocycles. The van der Waals surface area contributed by atoms with Crippen molar-refractivity contribution in [2.24, 2.45) is 0 Å². The maximum Gasteiger partial charge on any atom is 0.405 e. The van der Waals surface area contributed by atoms with Gasteiger partial charge in [0.2, 0.25) is 17.6 Å². The van der Waals surface area contributed by atoms with E-state index in [1.165, 1.54) is 39.9 Å². The van der Waals surface area contributed by atoms with Gasteiger partial charge in [-0.25, -0.2) is 14.2 Å². The molecule has 0 radical (unpaired) electrons. The summed E-state index contributed by atoms with van der Waals surface area (Å²) in [6.45, 7) is -0.160. The van der Waals surface area contributed by atoms with E-state index in [0.29, 0.717) is 0 Å². The normalized spacial score (nSPS) is 11.8. The summed E-state index contributed by atoms with van der Waals surface area (Å²) in [5.41, 5.74) is -0.621. The average molecular weight is 595 g/mol. The van der Waals surface area contributed by atoms with Gasteiger partial charge in [0.15, 0.2) is 11.6 Å². The SMILES string of the molecule is CN(C)C(=O)C=CCCC(NC(=O)O)C(=O)Nc1cccn(Cc2nc3cc(F)c(F)c(Oc4ccccc4)c3[nH]2)c1=O. The summed E-state index contributed by atoms with van der Waals surface area (Å²) in [4.78, 5) is 57.5. The zero-order valence-electron chi connectivity index (χ0n) is 23.1. The lowest BCUT2D eigenvalue weighted by Gasteiger charge is -2.16. The first-order chi connectivity index (χ1) is 20.5. The minimum absolute atomic E-state index is 0.0237. The number of hydrogen-bond donors (Lipinski definition) is 4. The van der Waals surface area contributed by atoms with Crippen LogP contribution in [0.1, 0.15) is 18.7 Å². The van der Waals surface area contributed by atoms with Gasteiger partial charge in [-0.05, 0) is 43.2 Å². The third-order valence-corrected chi connectivity index (χ3v) is 6.18. The zero-order valence-corrected chi connectivity index (χ0v) is 23.1. The minimum Gasteiger partial charge on any atom is -0.465 e. The highest BCUT2D eigenvalue weighted by atomic mass is 19.2. The zero-order chi connectivity index (χ0) is 31.1. The number of halogens is 2. The van der Waals surface area contributed by atoms with Crippen LogP contribution in [0.2, 0.25) is 0 Å². The van der Waals surface area contributed by atoms with E-state index in [1.807, 2.05) is 0 Å². The largest absolute Gasteiger partial charge is 0.465 e. The lowest BCUT2D eigenvalue weighted by atomic mass is 10.1.